The molecular formula is C17H13Cl3N2O2. The molecule has 0 saturated heterocycles. The summed E-state index contributed by atoms with van der Waals surface area (Å²) in [6.45, 7) is 0. The third kappa shape index (κ3) is 4.74. The topological polar surface area (TPSA) is 58.2 Å². The van der Waals surface area contributed by atoms with Gasteiger partial charge in [-0.15, -0.1) is 0 Å². The maximum Gasteiger partial charge on any atom is 0.252 e. The number of benzene rings is 2. The molecule has 0 fully saturated rings. The number of nitrogens with one attached hydrogen (secondary N) is 2. The minimum atomic E-state index is -0.355. The molecule has 0 aliphatic heterocycles. The van der Waals surface area contributed by atoms with E-state index >= 15 is 0 Å². The van der Waals surface area contributed by atoms with Crippen LogP contribution < -0.4 is 10.6 Å². The third-order valence-electron chi connectivity index (χ3n) is 3.08. The van der Waals surface area contributed by atoms with Gasteiger partial charge >= 0.3 is 0 Å². The number of hydrogen-bond acceptors (Lipinski definition) is 2. The lowest BCUT2D eigenvalue weighted by atomic mass is 10.2. The molecule has 0 bridgehead atoms. The fourth-order valence-corrected chi connectivity index (χ4v) is 2.39. The minimum absolute atomic E-state index is 0.283. The van der Waals surface area contributed by atoms with Crippen LogP contribution in [0, 0.1) is 0 Å². The summed E-state index contributed by atoms with van der Waals surface area (Å²) >= 11 is 17.7. The number of carbonyl (C=O) groups is 2. The lowest BCUT2D eigenvalue weighted by molar-refractivity contribution is -0.111. The fourth-order valence-electron chi connectivity index (χ4n) is 1.88. The van der Waals surface area contributed by atoms with Gasteiger partial charge in [0.2, 0.25) is 5.91 Å². The van der Waals surface area contributed by atoms with Crippen LogP contribution in [-0.2, 0) is 4.79 Å². The number of halogens is 3. The molecule has 0 spiro atoms. The molecule has 0 saturated carbocycles. The molecule has 2 rings (SSSR count). The molecule has 0 atom stereocenters. The van der Waals surface area contributed by atoms with Gasteiger partial charge in [-0.05, 0) is 42.0 Å². The zero-order valence-electron chi connectivity index (χ0n) is 12.6. The standard InChI is InChI=1S/C17H13Cl3N2O2/c1-21-17(24)12-9-11(4-6-13(12)18)22-16(23)7-3-10-2-5-14(19)15(20)8-10/h2-9H,1H3,(H,21,24)(H,22,23)/b7-3+. The molecule has 0 aliphatic rings. The van der Waals surface area contributed by atoms with Gasteiger partial charge in [-0.1, -0.05) is 40.9 Å². The van der Waals surface area contributed by atoms with Crippen LogP contribution in [0.3, 0.4) is 0 Å². The Hall–Kier alpha value is -2.01. The average Bonchev–Trinajstić information content (AvgIpc) is 2.57. The predicted octanol–water partition coefficient (Wildman–Crippen LogP) is 4.66. The van der Waals surface area contributed by atoms with Crippen LogP contribution in [0.25, 0.3) is 6.08 Å². The molecule has 0 heterocycles. The summed E-state index contributed by atoms with van der Waals surface area (Å²) in [6, 6.07) is 9.70. The van der Waals surface area contributed by atoms with Crippen molar-refractivity contribution < 1.29 is 9.59 Å². The molecule has 7 heteroatoms. The van der Waals surface area contributed by atoms with E-state index in [4.69, 9.17) is 34.8 Å². The van der Waals surface area contributed by atoms with Crippen LogP contribution in [0.15, 0.2) is 42.5 Å². The molecule has 2 aromatic rings. The fraction of sp³-hybridized carbons (Fsp3) is 0.0588. The Morgan fingerprint density at radius 1 is 0.958 bits per heavy atom. The van der Waals surface area contributed by atoms with Crippen LogP contribution in [0.5, 0.6) is 0 Å². The van der Waals surface area contributed by atoms with Crippen LogP contribution in [0.2, 0.25) is 15.1 Å². The molecular weight excluding hydrogens is 371 g/mol. The second-order valence-electron chi connectivity index (χ2n) is 4.77. The lowest BCUT2D eigenvalue weighted by Gasteiger charge is -2.07. The van der Waals surface area contributed by atoms with E-state index in [9.17, 15) is 9.59 Å². The maximum atomic E-state index is 12.0. The first kappa shape index (κ1) is 18.3. The molecule has 124 valence electrons. The second-order valence-corrected chi connectivity index (χ2v) is 5.99. The van der Waals surface area contributed by atoms with Crippen LogP contribution in [0.1, 0.15) is 15.9 Å². The summed E-state index contributed by atoms with van der Waals surface area (Å²) in [5, 5.41) is 6.31. The quantitative estimate of drug-likeness (QED) is 0.755. The van der Waals surface area contributed by atoms with Crippen molar-refractivity contribution in [1.29, 1.82) is 0 Å². The van der Waals surface area contributed by atoms with Gasteiger partial charge < -0.3 is 10.6 Å². The summed E-state index contributed by atoms with van der Waals surface area (Å²) in [4.78, 5) is 23.7. The van der Waals surface area contributed by atoms with E-state index in [0.717, 1.165) is 5.56 Å². The van der Waals surface area contributed by atoms with Crippen molar-refractivity contribution in [3.8, 4) is 0 Å². The van der Waals surface area contributed by atoms with Gasteiger partial charge in [0.15, 0.2) is 0 Å². The zero-order valence-corrected chi connectivity index (χ0v) is 14.8. The molecule has 2 N–H and O–H groups in total. The summed E-state index contributed by atoms with van der Waals surface area (Å²) in [7, 11) is 1.50. The van der Waals surface area contributed by atoms with Gasteiger partial charge in [0, 0.05) is 18.8 Å². The molecule has 24 heavy (non-hydrogen) atoms. The first-order valence-electron chi connectivity index (χ1n) is 6.86. The van der Waals surface area contributed by atoms with E-state index in [-0.39, 0.29) is 17.4 Å². The highest BCUT2D eigenvalue weighted by Crippen LogP contribution is 2.23. The Morgan fingerprint density at radius 2 is 1.67 bits per heavy atom. The Labute approximate surface area is 154 Å². The van der Waals surface area contributed by atoms with Gasteiger partial charge in [0.25, 0.3) is 5.91 Å². The van der Waals surface area contributed by atoms with E-state index in [1.807, 2.05) is 0 Å². The predicted molar refractivity (Wildman–Crippen MR) is 99.0 cm³/mol. The minimum Gasteiger partial charge on any atom is -0.355 e. The molecule has 0 aliphatic carbocycles. The van der Waals surface area contributed by atoms with E-state index < -0.39 is 0 Å². The zero-order chi connectivity index (χ0) is 17.7. The molecule has 2 aromatic carbocycles. The van der Waals surface area contributed by atoms with Crippen molar-refractivity contribution >= 4 is 58.4 Å². The van der Waals surface area contributed by atoms with E-state index in [0.29, 0.717) is 20.8 Å². The smallest absolute Gasteiger partial charge is 0.252 e. The lowest BCUT2D eigenvalue weighted by Crippen LogP contribution is -2.18. The molecule has 0 radical (unpaired) electrons. The Kier molecular flexibility index (Phi) is 6.26. The average molecular weight is 384 g/mol. The first-order chi connectivity index (χ1) is 11.4. The van der Waals surface area contributed by atoms with Crippen molar-refractivity contribution in [2.75, 3.05) is 12.4 Å². The monoisotopic (exact) mass is 382 g/mol. The largest absolute Gasteiger partial charge is 0.355 e. The summed E-state index contributed by atoms with van der Waals surface area (Å²) in [5.41, 5.74) is 1.48. The molecule has 4 nitrogen and oxygen atoms in total. The summed E-state index contributed by atoms with van der Waals surface area (Å²) in [6.07, 6.45) is 2.96. The van der Waals surface area contributed by atoms with Gasteiger partial charge in [-0.3, -0.25) is 9.59 Å². The van der Waals surface area contributed by atoms with Crippen molar-refractivity contribution in [1.82, 2.24) is 5.32 Å². The maximum absolute atomic E-state index is 12.0. The Balaban J connectivity index is 2.10. The first-order valence-corrected chi connectivity index (χ1v) is 8.00. The Morgan fingerprint density at radius 3 is 2.33 bits per heavy atom. The van der Waals surface area contributed by atoms with Crippen LogP contribution in [-0.4, -0.2) is 18.9 Å². The number of anilines is 1. The summed E-state index contributed by atoms with van der Waals surface area (Å²) < 4.78 is 0. The Bertz CT molecular complexity index is 819. The van der Waals surface area contributed by atoms with Crippen LogP contribution in [0.4, 0.5) is 5.69 Å². The SMILES string of the molecule is CNC(=O)c1cc(NC(=O)/C=C/c2ccc(Cl)c(Cl)c2)ccc1Cl. The van der Waals surface area contributed by atoms with Crippen molar-refractivity contribution in [3.63, 3.8) is 0 Å². The van der Waals surface area contributed by atoms with Crippen LogP contribution >= 0.6 is 34.8 Å². The third-order valence-corrected chi connectivity index (χ3v) is 4.15. The van der Waals surface area contributed by atoms with E-state index in [2.05, 4.69) is 10.6 Å². The highest BCUT2D eigenvalue weighted by atomic mass is 35.5. The van der Waals surface area contributed by atoms with Gasteiger partial charge in [0.05, 0.1) is 20.6 Å². The highest BCUT2D eigenvalue weighted by Gasteiger charge is 2.10. The van der Waals surface area contributed by atoms with Crippen molar-refractivity contribution in [2.24, 2.45) is 0 Å². The number of rotatable bonds is 4. The number of amides is 2. The van der Waals surface area contributed by atoms with Crippen molar-refractivity contribution in [2.45, 2.75) is 0 Å². The van der Waals surface area contributed by atoms with E-state index in [1.165, 1.54) is 19.2 Å². The number of hydrogen-bond donors (Lipinski definition) is 2. The normalized spacial score (nSPS) is 10.7. The van der Waals surface area contributed by atoms with Gasteiger partial charge in [0.1, 0.15) is 0 Å². The summed E-state index contributed by atoms with van der Waals surface area (Å²) in [5.74, 6) is -0.686. The molecule has 0 aromatic heterocycles. The molecule has 2 amide bonds. The van der Waals surface area contributed by atoms with Gasteiger partial charge in [-0.25, -0.2) is 0 Å². The number of carbonyl (C=O) groups excluding carboxylic acids is 2. The van der Waals surface area contributed by atoms with Gasteiger partial charge in [-0.2, -0.15) is 0 Å². The van der Waals surface area contributed by atoms with E-state index in [1.54, 1.807) is 36.4 Å². The second kappa shape index (κ2) is 8.20. The van der Waals surface area contributed by atoms with Crippen molar-refractivity contribution in [3.05, 3.63) is 68.7 Å². The highest BCUT2D eigenvalue weighted by molar-refractivity contribution is 6.42. The molecule has 0 unspecified atom stereocenters.